The van der Waals surface area contributed by atoms with Crippen LogP contribution < -0.4 is 24.8 Å². The van der Waals surface area contributed by atoms with Crippen molar-refractivity contribution >= 4 is 40.6 Å². The van der Waals surface area contributed by atoms with Crippen LogP contribution in [0.1, 0.15) is 56.2 Å². The average molecular weight is 609 g/mol. The Labute approximate surface area is 230 Å². The molecule has 2 atom stereocenters. The number of fused-ring (bicyclic) bond motifs is 6. The van der Waals surface area contributed by atoms with E-state index in [0.29, 0.717) is 7.25 Å². The van der Waals surface area contributed by atoms with Crippen molar-refractivity contribution in [2.75, 3.05) is 0 Å². The summed E-state index contributed by atoms with van der Waals surface area (Å²) in [5.41, 5.74) is 9.53. The van der Waals surface area contributed by atoms with Crippen LogP contribution in [-0.2, 0) is 17.4 Å². The maximum absolute atomic E-state index is 3.46. The topological polar surface area (TPSA) is 0 Å². The van der Waals surface area contributed by atoms with E-state index in [0.717, 1.165) is 12.8 Å². The summed E-state index contributed by atoms with van der Waals surface area (Å²) in [4.78, 5) is 0. The summed E-state index contributed by atoms with van der Waals surface area (Å²) in [6.07, 6.45) is 7.42. The molecular formula is C32H34Cl2SiZr. The predicted molar refractivity (Wildman–Crippen MR) is 150 cm³/mol. The summed E-state index contributed by atoms with van der Waals surface area (Å²) >= 11 is -3.46. The molecule has 4 heteroatoms. The molecule has 184 valence electrons. The van der Waals surface area contributed by atoms with E-state index in [2.05, 4.69) is 115 Å². The number of halogens is 2. The first-order valence-corrected chi connectivity index (χ1v) is 26.5. The molecule has 2 aliphatic rings. The Hall–Kier alpha value is -1.44. The van der Waals surface area contributed by atoms with Gasteiger partial charge in [0.05, 0.1) is 0 Å². The molecule has 0 aromatic heterocycles. The largest absolute Gasteiger partial charge is 1.00 e. The van der Waals surface area contributed by atoms with E-state index in [1.807, 2.05) is 0 Å². The van der Waals surface area contributed by atoms with E-state index in [1.165, 1.54) is 32.7 Å². The van der Waals surface area contributed by atoms with Crippen LogP contribution in [0, 0.1) is 0 Å². The number of benzene rings is 4. The molecule has 4 aromatic carbocycles. The summed E-state index contributed by atoms with van der Waals surface area (Å²) in [6.45, 7) is 7.20. The molecular weight excluding hydrogens is 575 g/mol. The zero-order chi connectivity index (χ0) is 23.7. The molecule has 0 nitrogen and oxygen atoms in total. The quantitative estimate of drug-likeness (QED) is 0.313. The predicted octanol–water partition coefficient (Wildman–Crippen LogP) is 2.73. The Balaban J connectivity index is 0.00000152. The minimum absolute atomic E-state index is 0. The molecule has 2 aliphatic carbocycles. The van der Waals surface area contributed by atoms with Gasteiger partial charge in [-0.25, -0.2) is 0 Å². The maximum Gasteiger partial charge on any atom is -1.00 e. The minimum atomic E-state index is -3.46. The third kappa shape index (κ3) is 3.95. The van der Waals surface area contributed by atoms with E-state index < -0.39 is 17.4 Å². The summed E-state index contributed by atoms with van der Waals surface area (Å²) in [7, 11) is 0. The third-order valence-corrected chi connectivity index (χ3v) is 26.2. The van der Waals surface area contributed by atoms with Crippen molar-refractivity contribution < 1.29 is 42.2 Å². The van der Waals surface area contributed by atoms with E-state index in [4.69, 9.17) is 0 Å². The molecule has 0 bridgehead atoms. The van der Waals surface area contributed by atoms with Gasteiger partial charge < -0.3 is 24.8 Å². The van der Waals surface area contributed by atoms with Gasteiger partial charge in [-0.05, 0) is 0 Å². The smallest absolute Gasteiger partial charge is 1.00 e. The Bertz CT molecular complexity index is 1510. The van der Waals surface area contributed by atoms with Gasteiger partial charge in [-0.3, -0.25) is 0 Å². The van der Waals surface area contributed by atoms with E-state index >= 15 is 0 Å². The summed E-state index contributed by atoms with van der Waals surface area (Å²) < 4.78 is 6.72. The summed E-state index contributed by atoms with van der Waals surface area (Å²) in [5, 5.41) is 5.57. The standard InChI is InChI=1S/2C15H13.2CH3.2ClH.H2Si.Zr/c2*1-2-11-9-13-8-7-12-5-3-4-6-14(12)15(13)10-11;;;;;;/h2*3-10H,2H2,1H3;2*1H3;2*1H;1H2;/q;;;;;;;+2/p-2. The van der Waals surface area contributed by atoms with Crippen LogP contribution in [0.2, 0.25) is 9.26 Å². The molecule has 6 rings (SSSR count). The van der Waals surface area contributed by atoms with Crippen molar-refractivity contribution in [3.8, 4) is 0 Å². The second kappa shape index (κ2) is 9.70. The normalized spacial score (nSPS) is 18.0. The second-order valence-corrected chi connectivity index (χ2v) is 42.0. The van der Waals surface area contributed by atoms with Gasteiger partial charge in [-0.2, -0.15) is 0 Å². The molecule has 0 heterocycles. The zero-order valence-electron chi connectivity index (χ0n) is 21.6. The average Bonchev–Trinajstić information content (AvgIpc) is 3.44. The third-order valence-electron chi connectivity index (χ3n) is 8.74. The fourth-order valence-corrected chi connectivity index (χ4v) is 27.6. The first-order valence-electron chi connectivity index (χ1n) is 12.8. The first-order chi connectivity index (χ1) is 16.3. The Morgan fingerprint density at radius 1 is 0.611 bits per heavy atom. The maximum atomic E-state index is 2.76. The molecule has 0 aliphatic heterocycles. The molecule has 0 saturated heterocycles. The van der Waals surface area contributed by atoms with Crippen LogP contribution >= 0.6 is 0 Å². The fraction of sp³-hybridized carbons (Fsp3) is 0.250. The van der Waals surface area contributed by atoms with Gasteiger partial charge in [0.15, 0.2) is 0 Å². The van der Waals surface area contributed by atoms with E-state index in [-0.39, 0.29) is 24.8 Å². The Kier molecular flexibility index (Phi) is 7.44. The molecule has 2 unspecified atom stereocenters. The summed E-state index contributed by atoms with van der Waals surface area (Å²) in [6, 6.07) is 27.6. The van der Waals surface area contributed by atoms with Gasteiger partial charge in [0.1, 0.15) is 0 Å². The number of hydrogen-bond acceptors (Lipinski definition) is 0. The van der Waals surface area contributed by atoms with E-state index in [9.17, 15) is 0 Å². The molecule has 4 aromatic rings. The Morgan fingerprint density at radius 2 is 1.00 bits per heavy atom. The second-order valence-electron chi connectivity index (χ2n) is 11.5. The van der Waals surface area contributed by atoms with Crippen molar-refractivity contribution in [1.82, 2.24) is 0 Å². The minimum Gasteiger partial charge on any atom is -1.00 e. The van der Waals surface area contributed by atoms with Gasteiger partial charge in [0.2, 0.25) is 0 Å². The van der Waals surface area contributed by atoms with Gasteiger partial charge >= 0.3 is 207 Å². The van der Waals surface area contributed by atoms with Crippen molar-refractivity contribution in [2.24, 2.45) is 0 Å². The van der Waals surface area contributed by atoms with Crippen LogP contribution in [0.3, 0.4) is 0 Å². The van der Waals surface area contributed by atoms with Crippen LogP contribution in [0.4, 0.5) is 0 Å². The zero-order valence-corrected chi connectivity index (χ0v) is 27.0. The first kappa shape index (κ1) is 27.6. The number of allylic oxidation sites excluding steroid dienone is 2. The summed E-state index contributed by atoms with van der Waals surface area (Å²) in [5.74, 6) is 0. The van der Waals surface area contributed by atoms with Crippen molar-refractivity contribution in [2.45, 2.75) is 43.2 Å². The van der Waals surface area contributed by atoms with Crippen molar-refractivity contribution in [3.63, 3.8) is 0 Å². The monoisotopic (exact) mass is 606 g/mol. The van der Waals surface area contributed by atoms with Gasteiger partial charge in [0, 0.05) is 0 Å². The SMILES string of the molecule is CCC1=Cc2c(ccc3ccccc23)[CH]1[Zr+2]([CH3])([CH3])(=[SiH2])[CH]1C(CC)=Cc2c1ccc1ccccc21.[Cl-].[Cl-]. The molecule has 0 spiro atoms. The fourth-order valence-electron chi connectivity index (χ4n) is 7.41. The van der Waals surface area contributed by atoms with Crippen LogP contribution in [0.5, 0.6) is 0 Å². The van der Waals surface area contributed by atoms with Gasteiger partial charge in [-0.15, -0.1) is 0 Å². The molecule has 0 radical (unpaired) electrons. The molecule has 0 fully saturated rings. The van der Waals surface area contributed by atoms with Crippen LogP contribution in [0.25, 0.3) is 33.7 Å². The van der Waals surface area contributed by atoms with Crippen molar-refractivity contribution in [1.29, 1.82) is 0 Å². The van der Waals surface area contributed by atoms with E-state index in [1.54, 1.807) is 22.3 Å². The molecule has 0 N–H and O–H groups in total. The Morgan fingerprint density at radius 3 is 1.39 bits per heavy atom. The van der Waals surface area contributed by atoms with Crippen molar-refractivity contribution in [3.05, 3.63) is 106 Å². The molecule has 0 saturated carbocycles. The van der Waals surface area contributed by atoms with Gasteiger partial charge in [-0.1, -0.05) is 0 Å². The van der Waals surface area contributed by atoms with Gasteiger partial charge in [0.25, 0.3) is 0 Å². The van der Waals surface area contributed by atoms with Crippen LogP contribution in [-0.4, -0.2) is 6.88 Å². The number of hydrogen-bond donors (Lipinski definition) is 0. The molecule has 36 heavy (non-hydrogen) atoms. The molecule has 0 amide bonds. The number of rotatable bonds is 4. The van der Waals surface area contributed by atoms with Crippen LogP contribution in [0.15, 0.2) is 83.9 Å².